The molecule has 1 aromatic carbocycles. The van der Waals surface area contributed by atoms with Gasteiger partial charge in [-0.15, -0.1) is 11.3 Å². The van der Waals surface area contributed by atoms with Crippen molar-refractivity contribution in [2.75, 3.05) is 29.9 Å². The van der Waals surface area contributed by atoms with Crippen molar-refractivity contribution in [1.82, 2.24) is 10.3 Å². The predicted octanol–water partition coefficient (Wildman–Crippen LogP) is 1.57. The molecule has 1 aliphatic heterocycles. The molecule has 3 rings (SSSR count). The smallest absolute Gasteiger partial charge is 0.239 e. The summed E-state index contributed by atoms with van der Waals surface area (Å²) in [5.41, 5.74) is 2.51. The van der Waals surface area contributed by atoms with E-state index in [0.29, 0.717) is 13.1 Å². The quantitative estimate of drug-likeness (QED) is 0.892. The Kier molecular flexibility index (Phi) is 4.57. The third-order valence-corrected chi connectivity index (χ3v) is 4.39. The van der Waals surface area contributed by atoms with Gasteiger partial charge in [-0.1, -0.05) is 0 Å². The van der Waals surface area contributed by atoms with Crippen LogP contribution in [0.3, 0.4) is 0 Å². The molecule has 0 radical (unpaired) electrons. The Hall–Kier alpha value is -2.41. The molecule has 2 amide bonds. The molecule has 0 unspecified atom stereocenters. The van der Waals surface area contributed by atoms with E-state index in [9.17, 15) is 9.59 Å². The molecule has 2 heterocycles. The van der Waals surface area contributed by atoms with Gasteiger partial charge in [0, 0.05) is 29.8 Å². The zero-order chi connectivity index (χ0) is 16.2. The molecule has 0 aliphatic carbocycles. The molecule has 120 valence electrons. The fourth-order valence-electron chi connectivity index (χ4n) is 2.47. The van der Waals surface area contributed by atoms with Crippen molar-refractivity contribution in [2.45, 2.75) is 13.3 Å². The first-order valence-electron chi connectivity index (χ1n) is 7.43. The van der Waals surface area contributed by atoms with Crippen LogP contribution in [0.25, 0.3) is 0 Å². The first-order chi connectivity index (χ1) is 11.1. The van der Waals surface area contributed by atoms with E-state index in [1.54, 1.807) is 11.3 Å². The predicted molar refractivity (Wildman–Crippen MR) is 90.8 cm³/mol. The van der Waals surface area contributed by atoms with Gasteiger partial charge < -0.3 is 15.5 Å². The van der Waals surface area contributed by atoms with Crippen LogP contribution in [0, 0.1) is 6.92 Å². The summed E-state index contributed by atoms with van der Waals surface area (Å²) < 4.78 is 0. The van der Waals surface area contributed by atoms with E-state index in [0.717, 1.165) is 28.6 Å². The van der Waals surface area contributed by atoms with E-state index < -0.39 is 0 Å². The van der Waals surface area contributed by atoms with Gasteiger partial charge in [0.15, 0.2) is 0 Å². The molecular weight excluding hydrogens is 312 g/mol. The largest absolute Gasteiger partial charge is 0.360 e. The number of anilines is 2. The number of nitrogens with zero attached hydrogens (tertiary/aromatic N) is 2. The number of carbonyl (C=O) groups is 2. The van der Waals surface area contributed by atoms with E-state index in [4.69, 9.17) is 0 Å². The minimum atomic E-state index is -0.0830. The van der Waals surface area contributed by atoms with Crippen LogP contribution in [-0.4, -0.2) is 36.4 Å². The van der Waals surface area contributed by atoms with Crippen molar-refractivity contribution >= 4 is 34.5 Å². The summed E-state index contributed by atoms with van der Waals surface area (Å²) in [5.74, 6) is -0.0485. The maximum absolute atomic E-state index is 12.0. The van der Waals surface area contributed by atoms with Gasteiger partial charge in [-0.3, -0.25) is 9.59 Å². The Morgan fingerprint density at radius 3 is 2.83 bits per heavy atom. The van der Waals surface area contributed by atoms with Crippen LogP contribution in [0.4, 0.5) is 11.4 Å². The first kappa shape index (κ1) is 15.5. The van der Waals surface area contributed by atoms with Crippen LogP contribution in [0.5, 0.6) is 0 Å². The van der Waals surface area contributed by atoms with Crippen LogP contribution < -0.4 is 15.5 Å². The Balaban J connectivity index is 1.58. The fraction of sp³-hybridized carbons (Fsp3) is 0.312. The number of piperazine rings is 1. The van der Waals surface area contributed by atoms with Gasteiger partial charge in [0.1, 0.15) is 0 Å². The number of rotatable bonds is 4. The molecule has 0 saturated carbocycles. The van der Waals surface area contributed by atoms with Gasteiger partial charge in [0.2, 0.25) is 11.8 Å². The number of hydrogen-bond acceptors (Lipinski definition) is 5. The standard InChI is InChI=1S/C16H18N4O2S/c1-11-18-13(10-23-11)8-15(21)19-12-2-4-14(5-3-12)20-7-6-17-16(22)9-20/h2-5,10H,6-9H2,1H3,(H,17,22)(H,19,21). The summed E-state index contributed by atoms with van der Waals surface area (Å²) in [7, 11) is 0. The number of benzene rings is 1. The molecule has 23 heavy (non-hydrogen) atoms. The number of aryl methyl sites for hydroxylation is 1. The number of carbonyl (C=O) groups excluding carboxylic acids is 2. The molecular formula is C16H18N4O2S. The van der Waals surface area contributed by atoms with Crippen molar-refractivity contribution in [3.8, 4) is 0 Å². The second-order valence-electron chi connectivity index (χ2n) is 5.40. The average molecular weight is 330 g/mol. The summed E-state index contributed by atoms with van der Waals surface area (Å²) in [6, 6.07) is 7.54. The van der Waals surface area contributed by atoms with E-state index in [1.165, 1.54) is 0 Å². The van der Waals surface area contributed by atoms with E-state index >= 15 is 0 Å². The van der Waals surface area contributed by atoms with Crippen molar-refractivity contribution < 1.29 is 9.59 Å². The summed E-state index contributed by atoms with van der Waals surface area (Å²) in [4.78, 5) is 29.7. The summed E-state index contributed by atoms with van der Waals surface area (Å²) in [5, 5.41) is 8.53. The van der Waals surface area contributed by atoms with E-state index in [1.807, 2.05) is 41.5 Å². The highest BCUT2D eigenvalue weighted by Gasteiger charge is 2.16. The van der Waals surface area contributed by atoms with E-state index in [-0.39, 0.29) is 18.2 Å². The Morgan fingerprint density at radius 1 is 1.39 bits per heavy atom. The lowest BCUT2D eigenvalue weighted by molar-refractivity contribution is -0.120. The van der Waals surface area contributed by atoms with Gasteiger partial charge in [-0.05, 0) is 31.2 Å². The Labute approximate surface area is 138 Å². The number of amides is 2. The molecule has 1 fully saturated rings. The molecule has 1 saturated heterocycles. The third-order valence-electron chi connectivity index (χ3n) is 3.56. The minimum Gasteiger partial charge on any atom is -0.360 e. The highest BCUT2D eigenvalue weighted by molar-refractivity contribution is 7.09. The van der Waals surface area contributed by atoms with Gasteiger partial charge in [0.05, 0.1) is 23.7 Å². The van der Waals surface area contributed by atoms with Crippen molar-refractivity contribution in [2.24, 2.45) is 0 Å². The maximum atomic E-state index is 12.0. The van der Waals surface area contributed by atoms with Crippen molar-refractivity contribution in [1.29, 1.82) is 0 Å². The highest BCUT2D eigenvalue weighted by Crippen LogP contribution is 2.19. The van der Waals surface area contributed by atoms with Crippen LogP contribution in [0.15, 0.2) is 29.6 Å². The van der Waals surface area contributed by atoms with Gasteiger partial charge in [-0.2, -0.15) is 0 Å². The van der Waals surface area contributed by atoms with Gasteiger partial charge in [0.25, 0.3) is 0 Å². The zero-order valence-corrected chi connectivity index (χ0v) is 13.7. The molecule has 2 aromatic rings. The Morgan fingerprint density at radius 2 is 2.17 bits per heavy atom. The van der Waals surface area contributed by atoms with Crippen LogP contribution >= 0.6 is 11.3 Å². The fourth-order valence-corrected chi connectivity index (χ4v) is 3.09. The molecule has 0 bridgehead atoms. The maximum Gasteiger partial charge on any atom is 0.239 e. The second-order valence-corrected chi connectivity index (χ2v) is 6.46. The summed E-state index contributed by atoms with van der Waals surface area (Å²) in [6.45, 7) is 3.74. The molecule has 7 heteroatoms. The second kappa shape index (κ2) is 6.78. The molecule has 1 aromatic heterocycles. The number of nitrogens with one attached hydrogen (secondary N) is 2. The number of aromatic nitrogens is 1. The number of hydrogen-bond donors (Lipinski definition) is 2. The molecule has 6 nitrogen and oxygen atoms in total. The van der Waals surface area contributed by atoms with Gasteiger partial charge >= 0.3 is 0 Å². The zero-order valence-electron chi connectivity index (χ0n) is 12.8. The summed E-state index contributed by atoms with van der Waals surface area (Å²) >= 11 is 1.54. The van der Waals surface area contributed by atoms with Crippen molar-refractivity contribution in [3.05, 3.63) is 40.3 Å². The van der Waals surface area contributed by atoms with Crippen LogP contribution in [0.1, 0.15) is 10.7 Å². The Bertz CT molecular complexity index is 711. The average Bonchev–Trinajstić information content (AvgIpc) is 2.93. The SMILES string of the molecule is Cc1nc(CC(=O)Nc2ccc(N3CCNC(=O)C3)cc2)cs1. The molecule has 0 spiro atoms. The highest BCUT2D eigenvalue weighted by atomic mass is 32.1. The minimum absolute atomic E-state index is 0.0344. The number of thiazole rings is 1. The third kappa shape index (κ3) is 4.07. The topological polar surface area (TPSA) is 74.3 Å². The van der Waals surface area contributed by atoms with Gasteiger partial charge in [-0.25, -0.2) is 4.98 Å². The molecule has 0 atom stereocenters. The monoisotopic (exact) mass is 330 g/mol. The summed E-state index contributed by atoms with van der Waals surface area (Å²) in [6.07, 6.45) is 0.276. The lowest BCUT2D eigenvalue weighted by Crippen LogP contribution is -2.47. The van der Waals surface area contributed by atoms with E-state index in [2.05, 4.69) is 15.6 Å². The van der Waals surface area contributed by atoms with Crippen LogP contribution in [0.2, 0.25) is 0 Å². The lowest BCUT2D eigenvalue weighted by Gasteiger charge is -2.28. The molecule has 2 N–H and O–H groups in total. The first-order valence-corrected chi connectivity index (χ1v) is 8.31. The molecule has 1 aliphatic rings. The van der Waals surface area contributed by atoms with Crippen LogP contribution in [-0.2, 0) is 16.0 Å². The van der Waals surface area contributed by atoms with Crippen molar-refractivity contribution in [3.63, 3.8) is 0 Å². The normalized spacial score (nSPS) is 14.5. The lowest BCUT2D eigenvalue weighted by atomic mass is 10.2.